The number of allylic oxidation sites excluding steroid dienone is 3. The third-order valence-electron chi connectivity index (χ3n) is 2.72. The molecule has 0 aromatic heterocycles. The van der Waals surface area contributed by atoms with Crippen LogP contribution in [0.5, 0.6) is 0 Å². The molecule has 0 fully saturated rings. The van der Waals surface area contributed by atoms with Gasteiger partial charge in [-0.3, -0.25) is 0 Å². The van der Waals surface area contributed by atoms with Crippen LogP contribution in [-0.4, -0.2) is 6.04 Å². The van der Waals surface area contributed by atoms with Gasteiger partial charge in [0.15, 0.2) is 0 Å². The van der Waals surface area contributed by atoms with Crippen molar-refractivity contribution in [1.82, 2.24) is 0 Å². The van der Waals surface area contributed by atoms with Crippen molar-refractivity contribution in [2.24, 2.45) is 11.1 Å². The number of hydrogen-bond acceptors (Lipinski definition) is 1. The molecule has 1 nitrogen and oxygen atoms in total. The monoisotopic (exact) mass is 179 g/mol. The fourth-order valence-corrected chi connectivity index (χ4v) is 1.57. The van der Waals surface area contributed by atoms with Crippen molar-refractivity contribution in [1.29, 1.82) is 0 Å². The summed E-state index contributed by atoms with van der Waals surface area (Å²) in [6, 6.07) is 0.205. The minimum absolute atomic E-state index is 0.185. The van der Waals surface area contributed by atoms with E-state index < -0.39 is 0 Å². The molecule has 0 aromatic carbocycles. The van der Waals surface area contributed by atoms with Crippen LogP contribution in [0.15, 0.2) is 23.3 Å². The highest BCUT2D eigenvalue weighted by molar-refractivity contribution is 5.27. The normalized spacial score (nSPS) is 20.7. The summed E-state index contributed by atoms with van der Waals surface area (Å²) in [6.07, 6.45) is 6.72. The summed E-state index contributed by atoms with van der Waals surface area (Å²) in [5.41, 5.74) is 9.22. The zero-order valence-electron chi connectivity index (χ0n) is 9.22. The number of nitrogens with two attached hydrogens (primary N) is 1. The van der Waals surface area contributed by atoms with Gasteiger partial charge in [-0.1, -0.05) is 44.1 Å². The Labute approximate surface area is 81.7 Å². The van der Waals surface area contributed by atoms with E-state index in [4.69, 9.17) is 5.73 Å². The van der Waals surface area contributed by atoms with Gasteiger partial charge in [0.1, 0.15) is 0 Å². The molecule has 0 unspecified atom stereocenters. The Morgan fingerprint density at radius 2 is 1.85 bits per heavy atom. The molecule has 0 heterocycles. The van der Waals surface area contributed by atoms with Crippen molar-refractivity contribution in [3.63, 3.8) is 0 Å². The molecule has 0 saturated carbocycles. The number of hydrogen-bond donors (Lipinski definition) is 1. The average Bonchev–Trinajstić information content (AvgIpc) is 2.03. The first-order valence-electron chi connectivity index (χ1n) is 5.03. The van der Waals surface area contributed by atoms with Crippen LogP contribution in [0.2, 0.25) is 0 Å². The summed E-state index contributed by atoms with van der Waals surface area (Å²) >= 11 is 0. The van der Waals surface area contributed by atoms with E-state index in [-0.39, 0.29) is 11.5 Å². The molecule has 1 heteroatoms. The lowest BCUT2D eigenvalue weighted by Crippen LogP contribution is -2.37. The third-order valence-corrected chi connectivity index (χ3v) is 2.72. The zero-order valence-corrected chi connectivity index (χ0v) is 9.22. The van der Waals surface area contributed by atoms with Gasteiger partial charge in [-0.15, -0.1) is 0 Å². The first kappa shape index (κ1) is 10.5. The highest BCUT2D eigenvalue weighted by atomic mass is 14.7. The molecule has 74 valence electrons. The summed E-state index contributed by atoms with van der Waals surface area (Å²) in [7, 11) is 0. The summed E-state index contributed by atoms with van der Waals surface area (Å²) in [5, 5.41) is 0. The van der Waals surface area contributed by atoms with Crippen molar-refractivity contribution < 1.29 is 0 Å². The van der Waals surface area contributed by atoms with E-state index >= 15 is 0 Å². The van der Waals surface area contributed by atoms with Gasteiger partial charge in [0.05, 0.1) is 0 Å². The molecule has 0 aliphatic heterocycles. The Bertz CT molecular complexity index is 240. The molecular formula is C12H21N. The van der Waals surface area contributed by atoms with E-state index in [0.717, 1.165) is 6.42 Å². The minimum atomic E-state index is 0.185. The van der Waals surface area contributed by atoms with E-state index in [1.54, 1.807) is 0 Å². The average molecular weight is 179 g/mol. The predicted molar refractivity (Wildman–Crippen MR) is 58.5 cm³/mol. The molecule has 1 aliphatic carbocycles. The Kier molecular flexibility index (Phi) is 2.97. The van der Waals surface area contributed by atoms with Crippen LogP contribution in [0.4, 0.5) is 0 Å². The molecule has 0 radical (unpaired) electrons. The van der Waals surface area contributed by atoms with Crippen molar-refractivity contribution >= 4 is 0 Å². The summed E-state index contributed by atoms with van der Waals surface area (Å²) < 4.78 is 0. The van der Waals surface area contributed by atoms with Crippen LogP contribution in [0.1, 0.15) is 40.5 Å². The zero-order chi connectivity index (χ0) is 10.1. The van der Waals surface area contributed by atoms with Gasteiger partial charge in [0, 0.05) is 6.04 Å². The molecule has 1 aliphatic rings. The minimum Gasteiger partial charge on any atom is -0.324 e. The maximum Gasteiger partial charge on any atom is 0.0306 e. The van der Waals surface area contributed by atoms with Crippen LogP contribution < -0.4 is 5.73 Å². The van der Waals surface area contributed by atoms with Crippen LogP contribution in [-0.2, 0) is 0 Å². The fourth-order valence-electron chi connectivity index (χ4n) is 1.57. The van der Waals surface area contributed by atoms with Gasteiger partial charge in [0.2, 0.25) is 0 Å². The lowest BCUT2D eigenvalue weighted by molar-refractivity contribution is 0.347. The molecule has 0 saturated heterocycles. The molecular weight excluding hydrogens is 158 g/mol. The smallest absolute Gasteiger partial charge is 0.0306 e. The maximum atomic E-state index is 6.17. The second-order valence-electron chi connectivity index (χ2n) is 5.10. The van der Waals surface area contributed by atoms with Gasteiger partial charge < -0.3 is 5.73 Å². The Morgan fingerprint density at radius 3 is 2.23 bits per heavy atom. The molecule has 1 atom stereocenters. The largest absolute Gasteiger partial charge is 0.324 e. The van der Waals surface area contributed by atoms with E-state index in [2.05, 4.69) is 39.8 Å². The molecule has 0 bridgehead atoms. The summed E-state index contributed by atoms with van der Waals surface area (Å²) in [4.78, 5) is 0. The standard InChI is InChI=1S/C12H21N/c1-9-5-7-10(8-6-9)11(13)12(2,3)4/h5,7,11H,6,8,13H2,1-4H3/t11-/m0/s1. The molecule has 1 rings (SSSR count). The van der Waals surface area contributed by atoms with Gasteiger partial charge in [-0.25, -0.2) is 0 Å². The Balaban J connectivity index is 2.74. The second kappa shape index (κ2) is 3.67. The fraction of sp³-hybridized carbons (Fsp3) is 0.667. The Morgan fingerprint density at radius 1 is 1.23 bits per heavy atom. The van der Waals surface area contributed by atoms with Crippen LogP contribution >= 0.6 is 0 Å². The van der Waals surface area contributed by atoms with Crippen LogP contribution in [0, 0.1) is 5.41 Å². The van der Waals surface area contributed by atoms with Gasteiger partial charge >= 0.3 is 0 Å². The third kappa shape index (κ3) is 2.70. The molecule has 13 heavy (non-hydrogen) atoms. The molecule has 0 spiro atoms. The molecule has 0 amide bonds. The van der Waals surface area contributed by atoms with Crippen molar-refractivity contribution in [2.45, 2.75) is 46.6 Å². The van der Waals surface area contributed by atoms with E-state index in [9.17, 15) is 0 Å². The second-order valence-corrected chi connectivity index (χ2v) is 5.10. The van der Waals surface area contributed by atoms with Crippen molar-refractivity contribution in [3.05, 3.63) is 23.3 Å². The predicted octanol–water partition coefficient (Wildman–Crippen LogP) is 3.03. The quantitative estimate of drug-likeness (QED) is 0.658. The van der Waals surface area contributed by atoms with E-state index in [1.165, 1.54) is 17.6 Å². The van der Waals surface area contributed by atoms with E-state index in [1.807, 2.05) is 0 Å². The van der Waals surface area contributed by atoms with Crippen LogP contribution in [0.3, 0.4) is 0 Å². The summed E-state index contributed by atoms with van der Waals surface area (Å²) in [5.74, 6) is 0. The molecule has 2 N–H and O–H groups in total. The summed E-state index contributed by atoms with van der Waals surface area (Å²) in [6.45, 7) is 8.77. The molecule has 0 aromatic rings. The first-order chi connectivity index (χ1) is 5.91. The van der Waals surface area contributed by atoms with E-state index in [0.29, 0.717) is 0 Å². The van der Waals surface area contributed by atoms with Crippen molar-refractivity contribution in [3.8, 4) is 0 Å². The Hall–Kier alpha value is -0.560. The number of rotatable bonds is 1. The van der Waals surface area contributed by atoms with Gasteiger partial charge in [0.25, 0.3) is 0 Å². The van der Waals surface area contributed by atoms with Gasteiger partial charge in [-0.05, 0) is 25.2 Å². The lowest BCUT2D eigenvalue weighted by Gasteiger charge is -2.30. The van der Waals surface area contributed by atoms with Crippen LogP contribution in [0.25, 0.3) is 0 Å². The first-order valence-corrected chi connectivity index (χ1v) is 5.03. The topological polar surface area (TPSA) is 26.0 Å². The van der Waals surface area contributed by atoms with Crippen molar-refractivity contribution in [2.75, 3.05) is 0 Å². The highest BCUT2D eigenvalue weighted by Gasteiger charge is 2.24. The SMILES string of the molecule is CC1=CC=C([C@H](N)C(C)(C)C)CC1. The van der Waals surface area contributed by atoms with Gasteiger partial charge in [-0.2, -0.15) is 0 Å². The lowest BCUT2D eigenvalue weighted by atomic mass is 9.79. The maximum absolute atomic E-state index is 6.17. The highest BCUT2D eigenvalue weighted by Crippen LogP contribution is 2.28.